The van der Waals surface area contributed by atoms with Gasteiger partial charge in [0.15, 0.2) is 5.82 Å². The molecule has 2 aromatic rings. The van der Waals surface area contributed by atoms with Crippen molar-refractivity contribution in [3.63, 3.8) is 0 Å². The number of aryl methyl sites for hydroxylation is 1. The third-order valence-corrected chi connectivity index (χ3v) is 2.27. The Bertz CT molecular complexity index is 620. The zero-order valence-electron chi connectivity index (χ0n) is 9.27. The molecule has 0 saturated carbocycles. The van der Waals surface area contributed by atoms with Gasteiger partial charge < -0.3 is 0 Å². The number of benzene rings is 1. The van der Waals surface area contributed by atoms with E-state index in [-0.39, 0.29) is 5.82 Å². The Morgan fingerprint density at radius 3 is 2.33 bits per heavy atom. The molecule has 0 radical (unpaired) electrons. The maximum absolute atomic E-state index is 12.4. The average molecular weight is 255 g/mol. The molecule has 0 spiro atoms. The topological polar surface area (TPSA) is 47.8 Å². The predicted octanol–water partition coefficient (Wildman–Crippen LogP) is 1.86. The van der Waals surface area contributed by atoms with Crippen LogP contribution in [0.5, 0.6) is 0 Å². The van der Waals surface area contributed by atoms with Gasteiger partial charge in [-0.25, -0.2) is 4.68 Å². The SMILES string of the molecule is Cn1nc(C(F)(F)F)c(=O)nc1-c1ccccc1. The Morgan fingerprint density at radius 2 is 1.78 bits per heavy atom. The molecule has 0 aliphatic heterocycles. The third-order valence-electron chi connectivity index (χ3n) is 2.27. The van der Waals surface area contributed by atoms with Gasteiger partial charge in [0.25, 0.3) is 0 Å². The molecule has 7 heteroatoms. The molecular formula is C11H8F3N3O. The molecule has 0 unspecified atom stereocenters. The lowest BCUT2D eigenvalue weighted by Crippen LogP contribution is -2.28. The lowest BCUT2D eigenvalue weighted by atomic mass is 10.2. The minimum absolute atomic E-state index is 0.0913. The summed E-state index contributed by atoms with van der Waals surface area (Å²) in [7, 11) is 1.31. The molecule has 2 rings (SSSR count). The second-order valence-corrected chi connectivity index (χ2v) is 3.58. The summed E-state index contributed by atoms with van der Waals surface area (Å²) < 4.78 is 38.3. The summed E-state index contributed by atoms with van der Waals surface area (Å²) in [6, 6.07) is 8.41. The fourth-order valence-electron chi connectivity index (χ4n) is 1.48. The molecule has 1 aromatic carbocycles. The zero-order chi connectivity index (χ0) is 13.3. The minimum Gasteiger partial charge on any atom is -0.265 e. The van der Waals surface area contributed by atoms with Crippen LogP contribution in [0.3, 0.4) is 0 Å². The Balaban J connectivity index is 2.61. The Kier molecular flexibility index (Phi) is 2.90. The molecule has 0 N–H and O–H groups in total. The summed E-state index contributed by atoms with van der Waals surface area (Å²) in [4.78, 5) is 14.7. The van der Waals surface area contributed by atoms with Gasteiger partial charge in [-0.3, -0.25) is 4.79 Å². The second-order valence-electron chi connectivity index (χ2n) is 3.58. The van der Waals surface area contributed by atoms with Crippen molar-refractivity contribution < 1.29 is 13.2 Å². The van der Waals surface area contributed by atoms with E-state index < -0.39 is 17.4 Å². The summed E-state index contributed by atoms with van der Waals surface area (Å²) in [5, 5.41) is 3.24. The minimum atomic E-state index is -4.79. The molecule has 18 heavy (non-hydrogen) atoms. The largest absolute Gasteiger partial charge is 0.440 e. The van der Waals surface area contributed by atoms with Gasteiger partial charge in [-0.2, -0.15) is 23.3 Å². The highest BCUT2D eigenvalue weighted by Gasteiger charge is 2.37. The smallest absolute Gasteiger partial charge is 0.265 e. The summed E-state index contributed by atoms with van der Waals surface area (Å²) in [5.41, 5.74) is -2.36. The van der Waals surface area contributed by atoms with E-state index >= 15 is 0 Å². The molecule has 0 aliphatic carbocycles. The number of rotatable bonds is 1. The number of nitrogens with zero attached hydrogens (tertiary/aromatic N) is 3. The van der Waals surface area contributed by atoms with E-state index in [9.17, 15) is 18.0 Å². The van der Waals surface area contributed by atoms with Crippen LogP contribution in [-0.4, -0.2) is 14.8 Å². The second kappa shape index (κ2) is 4.25. The molecule has 0 fully saturated rings. The molecule has 0 saturated heterocycles. The van der Waals surface area contributed by atoms with Crippen LogP contribution >= 0.6 is 0 Å². The fourth-order valence-corrected chi connectivity index (χ4v) is 1.48. The van der Waals surface area contributed by atoms with E-state index in [1.807, 2.05) is 0 Å². The number of hydrogen-bond acceptors (Lipinski definition) is 3. The lowest BCUT2D eigenvalue weighted by Gasteiger charge is -2.09. The highest BCUT2D eigenvalue weighted by Crippen LogP contribution is 2.25. The van der Waals surface area contributed by atoms with E-state index in [2.05, 4.69) is 10.1 Å². The molecule has 4 nitrogen and oxygen atoms in total. The van der Waals surface area contributed by atoms with Crippen LogP contribution in [0.25, 0.3) is 11.4 Å². The number of aromatic nitrogens is 3. The summed E-state index contributed by atoms with van der Waals surface area (Å²) >= 11 is 0. The van der Waals surface area contributed by atoms with Crippen LogP contribution in [0, 0.1) is 0 Å². The Labute approximate surface area is 99.7 Å². The fraction of sp³-hybridized carbons (Fsp3) is 0.182. The first-order chi connectivity index (χ1) is 8.39. The van der Waals surface area contributed by atoms with Gasteiger partial charge in [0.1, 0.15) is 0 Å². The molecule has 0 amide bonds. The van der Waals surface area contributed by atoms with Crippen LogP contribution in [0.15, 0.2) is 35.1 Å². The van der Waals surface area contributed by atoms with Crippen LogP contribution < -0.4 is 5.56 Å². The van der Waals surface area contributed by atoms with E-state index in [4.69, 9.17) is 0 Å². The van der Waals surface area contributed by atoms with Crippen LogP contribution in [-0.2, 0) is 13.2 Å². The summed E-state index contributed by atoms with van der Waals surface area (Å²) in [5.74, 6) is 0.0913. The van der Waals surface area contributed by atoms with E-state index in [1.54, 1.807) is 30.3 Å². The monoisotopic (exact) mass is 255 g/mol. The zero-order valence-corrected chi connectivity index (χ0v) is 9.27. The van der Waals surface area contributed by atoms with Gasteiger partial charge in [0, 0.05) is 12.6 Å². The maximum atomic E-state index is 12.4. The molecule has 0 bridgehead atoms. The highest BCUT2D eigenvalue weighted by molar-refractivity contribution is 5.54. The van der Waals surface area contributed by atoms with Crippen molar-refractivity contribution in [2.75, 3.05) is 0 Å². The van der Waals surface area contributed by atoms with Crippen molar-refractivity contribution in [3.8, 4) is 11.4 Å². The third kappa shape index (κ3) is 2.24. The molecule has 1 heterocycles. The number of alkyl halides is 3. The maximum Gasteiger partial charge on any atom is 0.440 e. The molecule has 94 valence electrons. The Hall–Kier alpha value is -2.18. The van der Waals surface area contributed by atoms with Gasteiger partial charge in [0.2, 0.25) is 5.69 Å². The predicted molar refractivity (Wildman–Crippen MR) is 57.7 cm³/mol. The van der Waals surface area contributed by atoms with Gasteiger partial charge >= 0.3 is 11.7 Å². The molecule has 1 aromatic heterocycles. The number of halogens is 3. The van der Waals surface area contributed by atoms with E-state index in [1.165, 1.54) is 7.05 Å². The lowest BCUT2D eigenvalue weighted by molar-refractivity contribution is -0.143. The summed E-state index contributed by atoms with van der Waals surface area (Å²) in [6.07, 6.45) is -4.79. The standard InChI is InChI=1S/C11H8F3N3O/c1-17-9(7-5-3-2-4-6-7)15-10(18)8(16-17)11(12,13)14/h2-6H,1H3. The van der Waals surface area contributed by atoms with Crippen molar-refractivity contribution in [2.45, 2.75) is 6.18 Å². The summed E-state index contributed by atoms with van der Waals surface area (Å²) in [6.45, 7) is 0. The molecule has 0 aliphatic rings. The van der Waals surface area contributed by atoms with Crippen LogP contribution in [0.4, 0.5) is 13.2 Å². The first-order valence-corrected chi connectivity index (χ1v) is 4.97. The van der Waals surface area contributed by atoms with Gasteiger partial charge in [0.05, 0.1) is 0 Å². The first kappa shape index (κ1) is 12.3. The van der Waals surface area contributed by atoms with Gasteiger partial charge in [-0.05, 0) is 0 Å². The Morgan fingerprint density at radius 1 is 1.17 bits per heavy atom. The van der Waals surface area contributed by atoms with Crippen molar-refractivity contribution >= 4 is 0 Å². The van der Waals surface area contributed by atoms with Crippen LogP contribution in [0.2, 0.25) is 0 Å². The first-order valence-electron chi connectivity index (χ1n) is 4.97. The van der Waals surface area contributed by atoms with Crippen LogP contribution in [0.1, 0.15) is 5.69 Å². The van der Waals surface area contributed by atoms with Crippen molar-refractivity contribution in [2.24, 2.45) is 7.05 Å². The van der Waals surface area contributed by atoms with Crippen molar-refractivity contribution in [1.29, 1.82) is 0 Å². The number of hydrogen-bond donors (Lipinski definition) is 0. The normalized spacial score (nSPS) is 11.6. The van der Waals surface area contributed by atoms with Gasteiger partial charge in [-0.15, -0.1) is 0 Å². The highest BCUT2D eigenvalue weighted by atomic mass is 19.4. The molecule has 0 atom stereocenters. The van der Waals surface area contributed by atoms with Crippen molar-refractivity contribution in [3.05, 3.63) is 46.4 Å². The quantitative estimate of drug-likeness (QED) is 0.781. The van der Waals surface area contributed by atoms with E-state index in [0.29, 0.717) is 5.56 Å². The van der Waals surface area contributed by atoms with Gasteiger partial charge in [-0.1, -0.05) is 30.3 Å². The average Bonchev–Trinajstić information content (AvgIpc) is 2.31. The van der Waals surface area contributed by atoms with E-state index in [0.717, 1.165) is 4.68 Å². The van der Waals surface area contributed by atoms with Crippen molar-refractivity contribution in [1.82, 2.24) is 14.8 Å². The molecular weight excluding hydrogens is 247 g/mol.